The maximum absolute atomic E-state index is 12.0. The first-order chi connectivity index (χ1) is 9.81. The number of piperidine rings is 1. The number of carbonyl (C=O) groups excluding carboxylic acids is 3. The highest BCUT2D eigenvalue weighted by molar-refractivity contribution is 5.97. The molecule has 2 N–H and O–H groups in total. The van der Waals surface area contributed by atoms with E-state index in [4.69, 9.17) is 0 Å². The van der Waals surface area contributed by atoms with Gasteiger partial charge in [-0.25, -0.2) is 0 Å². The lowest BCUT2D eigenvalue weighted by Crippen LogP contribution is -2.39. The van der Waals surface area contributed by atoms with Crippen LogP contribution in [0.2, 0.25) is 0 Å². The molecule has 1 aliphatic heterocycles. The van der Waals surface area contributed by atoms with Gasteiger partial charge >= 0.3 is 0 Å². The molecule has 0 aliphatic carbocycles. The molecule has 0 aromatic carbocycles. The highest BCUT2D eigenvalue weighted by Gasteiger charge is 2.27. The Morgan fingerprint density at radius 2 is 2.00 bits per heavy atom. The van der Waals surface area contributed by atoms with E-state index in [1.54, 1.807) is 19.1 Å². The second kappa shape index (κ2) is 7.88. The topological polar surface area (TPSA) is 83.5 Å². The van der Waals surface area contributed by atoms with E-state index in [1.165, 1.54) is 0 Å². The van der Waals surface area contributed by atoms with Crippen LogP contribution in [0.3, 0.4) is 0 Å². The van der Waals surface area contributed by atoms with Gasteiger partial charge in [-0.05, 0) is 19.3 Å². The Kier molecular flexibility index (Phi) is 6.49. The summed E-state index contributed by atoms with van der Waals surface area (Å²) in [6, 6.07) is 0. The van der Waals surface area contributed by atoms with E-state index in [-0.39, 0.29) is 48.7 Å². The summed E-state index contributed by atoms with van der Waals surface area (Å²) < 4.78 is 0. The highest BCUT2D eigenvalue weighted by Crippen LogP contribution is 2.21. The number of ketones is 1. The third-order valence-corrected chi connectivity index (χ3v) is 3.61. The average Bonchev–Trinajstić information content (AvgIpc) is 2.36. The SMILES string of the molecule is C=CC(C)=C[C@H](C)C(=O)C[C@H](O)CC1CC(=O)NC(=O)C1. The number of amides is 2. The first-order valence-electron chi connectivity index (χ1n) is 7.16. The van der Waals surface area contributed by atoms with Crippen LogP contribution in [0.1, 0.15) is 39.5 Å². The molecule has 0 aromatic rings. The number of rotatable bonds is 7. The van der Waals surface area contributed by atoms with Crippen LogP contribution in [-0.2, 0) is 14.4 Å². The minimum Gasteiger partial charge on any atom is -0.393 e. The molecule has 1 aliphatic rings. The van der Waals surface area contributed by atoms with Crippen LogP contribution in [0, 0.1) is 11.8 Å². The molecule has 0 unspecified atom stereocenters. The first-order valence-corrected chi connectivity index (χ1v) is 7.16. The van der Waals surface area contributed by atoms with Crippen molar-refractivity contribution in [2.45, 2.75) is 45.6 Å². The molecule has 1 saturated heterocycles. The van der Waals surface area contributed by atoms with Gasteiger partial charge in [0, 0.05) is 25.2 Å². The van der Waals surface area contributed by atoms with E-state index < -0.39 is 6.10 Å². The largest absolute Gasteiger partial charge is 0.393 e. The maximum Gasteiger partial charge on any atom is 0.226 e. The molecule has 1 fully saturated rings. The van der Waals surface area contributed by atoms with Gasteiger partial charge in [0.1, 0.15) is 5.78 Å². The zero-order valence-electron chi connectivity index (χ0n) is 12.6. The van der Waals surface area contributed by atoms with Gasteiger partial charge in [0.25, 0.3) is 0 Å². The summed E-state index contributed by atoms with van der Waals surface area (Å²) in [6.07, 6.45) is 3.44. The van der Waals surface area contributed by atoms with Crippen molar-refractivity contribution in [2.24, 2.45) is 11.8 Å². The zero-order chi connectivity index (χ0) is 16.0. The van der Waals surface area contributed by atoms with Crippen molar-refractivity contribution in [1.29, 1.82) is 0 Å². The lowest BCUT2D eigenvalue weighted by molar-refractivity contribution is -0.135. The summed E-state index contributed by atoms with van der Waals surface area (Å²) in [7, 11) is 0. The van der Waals surface area contributed by atoms with E-state index in [9.17, 15) is 19.5 Å². The molecule has 0 bridgehead atoms. The Morgan fingerprint density at radius 1 is 1.43 bits per heavy atom. The fourth-order valence-electron chi connectivity index (χ4n) is 2.46. The van der Waals surface area contributed by atoms with Crippen LogP contribution in [0.4, 0.5) is 0 Å². The van der Waals surface area contributed by atoms with Gasteiger partial charge in [-0.15, -0.1) is 0 Å². The molecule has 2 amide bonds. The second-order valence-corrected chi connectivity index (χ2v) is 5.71. The maximum atomic E-state index is 12.0. The highest BCUT2D eigenvalue weighted by atomic mass is 16.3. The number of hydrogen-bond acceptors (Lipinski definition) is 4. The standard InChI is InChI=1S/C16H23NO4/c1-4-10(2)5-11(3)14(19)9-13(18)6-12-7-15(20)17-16(21)8-12/h4-5,11-13,18H,1,6-9H2,2-3H3,(H,17,20,21)/t11-,13+/m0/s1. The van der Waals surface area contributed by atoms with Crippen LogP contribution < -0.4 is 5.32 Å². The van der Waals surface area contributed by atoms with E-state index in [0.29, 0.717) is 6.42 Å². The number of aliphatic hydroxyl groups excluding tert-OH is 1. The summed E-state index contributed by atoms with van der Waals surface area (Å²) >= 11 is 0. The van der Waals surface area contributed by atoms with Gasteiger partial charge < -0.3 is 5.11 Å². The molecular formula is C16H23NO4. The summed E-state index contributed by atoms with van der Waals surface area (Å²) in [6.45, 7) is 7.26. The number of aliphatic hydroxyl groups is 1. The Labute approximate surface area is 125 Å². The number of carbonyl (C=O) groups is 3. The number of imide groups is 1. The van der Waals surface area contributed by atoms with Crippen molar-refractivity contribution in [1.82, 2.24) is 5.32 Å². The Balaban J connectivity index is 2.47. The van der Waals surface area contributed by atoms with E-state index >= 15 is 0 Å². The molecule has 0 spiro atoms. The van der Waals surface area contributed by atoms with Crippen LogP contribution in [0.25, 0.3) is 0 Å². The molecule has 116 valence electrons. The van der Waals surface area contributed by atoms with Crippen LogP contribution >= 0.6 is 0 Å². The third-order valence-electron chi connectivity index (χ3n) is 3.61. The monoisotopic (exact) mass is 293 g/mol. The molecule has 1 rings (SSSR count). The van der Waals surface area contributed by atoms with Crippen LogP contribution in [-0.4, -0.2) is 28.8 Å². The lowest BCUT2D eigenvalue weighted by atomic mass is 9.88. The van der Waals surface area contributed by atoms with Crippen LogP contribution in [0.15, 0.2) is 24.3 Å². The van der Waals surface area contributed by atoms with Crippen LogP contribution in [0.5, 0.6) is 0 Å². The molecule has 0 saturated carbocycles. The van der Waals surface area contributed by atoms with Gasteiger partial charge in [-0.3, -0.25) is 19.7 Å². The Morgan fingerprint density at radius 3 is 2.52 bits per heavy atom. The van der Waals surface area contributed by atoms with Crippen molar-refractivity contribution in [3.8, 4) is 0 Å². The van der Waals surface area contributed by atoms with E-state index in [1.807, 2.05) is 6.92 Å². The molecule has 5 heteroatoms. The van der Waals surface area contributed by atoms with Crippen molar-refractivity contribution >= 4 is 17.6 Å². The zero-order valence-corrected chi connectivity index (χ0v) is 12.6. The fraction of sp³-hybridized carbons (Fsp3) is 0.562. The van der Waals surface area contributed by atoms with E-state index in [2.05, 4.69) is 11.9 Å². The number of allylic oxidation sites excluding steroid dienone is 3. The number of nitrogens with one attached hydrogen (secondary N) is 1. The third kappa shape index (κ3) is 6.04. The van der Waals surface area contributed by atoms with Gasteiger partial charge in [0.2, 0.25) is 11.8 Å². The normalized spacial score (nSPS) is 19.9. The minimum atomic E-state index is -0.818. The van der Waals surface area contributed by atoms with Gasteiger partial charge in [0.15, 0.2) is 0 Å². The predicted molar refractivity (Wildman–Crippen MR) is 79.2 cm³/mol. The Hall–Kier alpha value is -1.75. The first kappa shape index (κ1) is 17.3. The van der Waals surface area contributed by atoms with Gasteiger partial charge in [-0.1, -0.05) is 31.2 Å². The summed E-state index contributed by atoms with van der Waals surface area (Å²) in [5, 5.41) is 12.2. The summed E-state index contributed by atoms with van der Waals surface area (Å²) in [4.78, 5) is 34.5. The van der Waals surface area contributed by atoms with Crippen molar-refractivity contribution in [3.63, 3.8) is 0 Å². The van der Waals surface area contributed by atoms with E-state index in [0.717, 1.165) is 5.57 Å². The predicted octanol–water partition coefficient (Wildman–Crippen LogP) is 1.52. The molecule has 5 nitrogen and oxygen atoms in total. The number of Topliss-reactive ketones (excluding diaryl/α,β-unsaturated/α-hetero) is 1. The summed E-state index contributed by atoms with van der Waals surface area (Å²) in [5.74, 6) is -1.15. The lowest BCUT2D eigenvalue weighted by Gasteiger charge is -2.23. The molecule has 0 aromatic heterocycles. The Bertz CT molecular complexity index is 451. The van der Waals surface area contributed by atoms with Gasteiger partial charge in [-0.2, -0.15) is 0 Å². The van der Waals surface area contributed by atoms with Gasteiger partial charge in [0.05, 0.1) is 6.10 Å². The summed E-state index contributed by atoms with van der Waals surface area (Å²) in [5.41, 5.74) is 0.917. The molecule has 0 radical (unpaired) electrons. The molecule has 1 heterocycles. The average molecular weight is 293 g/mol. The second-order valence-electron chi connectivity index (χ2n) is 5.71. The van der Waals surface area contributed by atoms with Crippen molar-refractivity contribution < 1.29 is 19.5 Å². The fourth-order valence-corrected chi connectivity index (χ4v) is 2.46. The molecule has 21 heavy (non-hydrogen) atoms. The number of hydrogen-bond donors (Lipinski definition) is 2. The smallest absolute Gasteiger partial charge is 0.226 e. The molecular weight excluding hydrogens is 270 g/mol. The van der Waals surface area contributed by atoms with Crippen molar-refractivity contribution in [2.75, 3.05) is 0 Å². The van der Waals surface area contributed by atoms with Crippen molar-refractivity contribution in [3.05, 3.63) is 24.3 Å². The quantitative estimate of drug-likeness (QED) is 0.550. The molecule has 2 atom stereocenters. The minimum absolute atomic E-state index is 0.0361.